The predicted octanol–water partition coefficient (Wildman–Crippen LogP) is 3.26. The molecule has 2 aromatic rings. The minimum Gasteiger partial charge on any atom is -0.314 e. The van der Waals surface area contributed by atoms with Crippen LogP contribution in [0.4, 0.5) is 0 Å². The number of rotatable bonds is 5. The smallest absolute Gasteiger partial charge is 0.00711 e. The maximum absolute atomic E-state index is 3.63. The summed E-state index contributed by atoms with van der Waals surface area (Å²) in [7, 11) is -0.207. The van der Waals surface area contributed by atoms with Crippen LogP contribution >= 0.6 is 7.92 Å². The maximum atomic E-state index is 3.63. The predicted molar refractivity (Wildman–Crippen MR) is 89.6 cm³/mol. The lowest BCUT2D eigenvalue weighted by Crippen LogP contribution is -2.24. The zero-order valence-corrected chi connectivity index (χ0v) is 12.7. The molecular weight excluding hydrogens is 261 g/mol. The largest absolute Gasteiger partial charge is 0.314 e. The summed E-state index contributed by atoms with van der Waals surface area (Å²) in [6, 6.07) is 22.8. The molecule has 1 N–H and O–H groups in total. The van der Waals surface area contributed by atoms with Crippen molar-refractivity contribution in [2.24, 2.45) is 0 Å². The van der Waals surface area contributed by atoms with Gasteiger partial charge in [0.1, 0.15) is 0 Å². The minimum atomic E-state index is -0.207. The fourth-order valence-corrected chi connectivity index (χ4v) is 5.36. The molecule has 3 rings (SSSR count). The Morgan fingerprint density at radius 2 is 1.50 bits per heavy atom. The van der Waals surface area contributed by atoms with Gasteiger partial charge in [0.05, 0.1) is 0 Å². The highest BCUT2D eigenvalue weighted by Crippen LogP contribution is 2.35. The molecule has 0 radical (unpaired) electrons. The third kappa shape index (κ3) is 3.48. The lowest BCUT2D eigenvalue weighted by molar-refractivity contribution is 0.591. The average molecular weight is 283 g/mol. The molecule has 2 aromatic carbocycles. The van der Waals surface area contributed by atoms with E-state index in [2.05, 4.69) is 66.0 Å². The van der Waals surface area contributed by atoms with Gasteiger partial charge in [0.15, 0.2) is 0 Å². The minimum absolute atomic E-state index is 0.207. The van der Waals surface area contributed by atoms with Gasteiger partial charge in [0, 0.05) is 6.04 Å². The fourth-order valence-electron chi connectivity index (χ4n) is 2.91. The lowest BCUT2D eigenvalue weighted by atomic mass is 10.2. The zero-order valence-electron chi connectivity index (χ0n) is 11.8. The summed E-state index contributed by atoms with van der Waals surface area (Å²) in [5.74, 6) is 0. The van der Waals surface area contributed by atoms with Gasteiger partial charge in [-0.3, -0.25) is 0 Å². The van der Waals surface area contributed by atoms with Crippen molar-refractivity contribution in [3.63, 3.8) is 0 Å². The van der Waals surface area contributed by atoms with Gasteiger partial charge in [-0.15, -0.1) is 0 Å². The van der Waals surface area contributed by atoms with Crippen LogP contribution in [-0.2, 0) is 0 Å². The van der Waals surface area contributed by atoms with Crippen LogP contribution < -0.4 is 15.9 Å². The molecule has 0 aromatic heterocycles. The molecule has 0 spiro atoms. The molecule has 2 heteroatoms. The summed E-state index contributed by atoms with van der Waals surface area (Å²) < 4.78 is 0. The van der Waals surface area contributed by atoms with E-state index in [-0.39, 0.29) is 7.92 Å². The molecule has 1 saturated heterocycles. The van der Waals surface area contributed by atoms with E-state index in [1.165, 1.54) is 42.6 Å². The summed E-state index contributed by atoms with van der Waals surface area (Å²) in [5, 5.41) is 6.64. The maximum Gasteiger partial charge on any atom is 0.00711 e. The van der Waals surface area contributed by atoms with E-state index in [0.29, 0.717) is 0 Å². The van der Waals surface area contributed by atoms with Crippen molar-refractivity contribution >= 4 is 18.5 Å². The van der Waals surface area contributed by atoms with E-state index in [1.54, 1.807) is 0 Å². The summed E-state index contributed by atoms with van der Waals surface area (Å²) >= 11 is 0. The van der Waals surface area contributed by atoms with Gasteiger partial charge in [-0.05, 0) is 50.5 Å². The van der Waals surface area contributed by atoms with Crippen molar-refractivity contribution < 1.29 is 0 Å². The lowest BCUT2D eigenvalue weighted by Gasteiger charge is -2.20. The van der Waals surface area contributed by atoms with Crippen LogP contribution in [0.25, 0.3) is 0 Å². The Hall–Kier alpha value is -1.17. The molecule has 104 valence electrons. The normalized spacial score (nSPS) is 18.6. The van der Waals surface area contributed by atoms with Crippen LogP contribution in [0, 0.1) is 0 Å². The van der Waals surface area contributed by atoms with Gasteiger partial charge in [-0.25, -0.2) is 0 Å². The quantitative estimate of drug-likeness (QED) is 0.831. The van der Waals surface area contributed by atoms with Crippen molar-refractivity contribution in [3.05, 3.63) is 60.7 Å². The molecule has 1 aliphatic heterocycles. The van der Waals surface area contributed by atoms with Crippen LogP contribution in [0.5, 0.6) is 0 Å². The number of benzene rings is 2. The molecule has 1 aliphatic rings. The van der Waals surface area contributed by atoms with Crippen LogP contribution in [0.1, 0.15) is 19.3 Å². The van der Waals surface area contributed by atoms with Gasteiger partial charge in [-0.1, -0.05) is 60.7 Å². The Kier molecular flexibility index (Phi) is 4.84. The van der Waals surface area contributed by atoms with E-state index in [0.717, 1.165) is 6.04 Å². The first-order valence-corrected chi connectivity index (χ1v) is 9.07. The number of nitrogens with one attached hydrogen (secondary N) is 1. The second-order valence-electron chi connectivity index (χ2n) is 5.40. The molecule has 1 fully saturated rings. The molecule has 1 heterocycles. The van der Waals surface area contributed by atoms with Crippen molar-refractivity contribution in [1.29, 1.82) is 0 Å². The Labute approximate surface area is 123 Å². The highest BCUT2D eigenvalue weighted by atomic mass is 31.1. The Bertz CT molecular complexity index is 466. The average Bonchev–Trinajstić information content (AvgIpc) is 3.03. The molecule has 20 heavy (non-hydrogen) atoms. The second kappa shape index (κ2) is 7.02. The van der Waals surface area contributed by atoms with Crippen LogP contribution in [0.2, 0.25) is 0 Å². The van der Waals surface area contributed by atoms with Gasteiger partial charge >= 0.3 is 0 Å². The Balaban J connectivity index is 1.76. The van der Waals surface area contributed by atoms with Crippen molar-refractivity contribution in [2.75, 3.05) is 12.7 Å². The SMILES string of the molecule is c1ccc(P(CC[C@@H]2CCCN2)c2ccccc2)cc1. The number of hydrogen-bond acceptors (Lipinski definition) is 1. The third-order valence-corrected chi connectivity index (χ3v) is 6.55. The van der Waals surface area contributed by atoms with E-state index in [1.807, 2.05) is 0 Å². The first-order valence-electron chi connectivity index (χ1n) is 7.54. The summed E-state index contributed by atoms with van der Waals surface area (Å²) in [6.07, 6.45) is 5.29. The van der Waals surface area contributed by atoms with E-state index >= 15 is 0 Å². The topological polar surface area (TPSA) is 12.0 Å². The molecule has 0 unspecified atom stereocenters. The molecule has 0 saturated carbocycles. The standard InChI is InChI=1S/C18H22NP/c1-3-9-17(10-4-1)20(18-11-5-2-6-12-18)15-13-16-8-7-14-19-16/h1-6,9-12,16,19H,7-8,13-15H2/t16-/m0/s1. The first kappa shape index (κ1) is 13.8. The summed E-state index contributed by atoms with van der Waals surface area (Å²) in [6.45, 7) is 1.21. The highest BCUT2D eigenvalue weighted by molar-refractivity contribution is 7.73. The number of hydrogen-bond donors (Lipinski definition) is 1. The molecular formula is C18H22NP. The molecule has 0 aliphatic carbocycles. The van der Waals surface area contributed by atoms with Gasteiger partial charge in [0.25, 0.3) is 0 Å². The zero-order chi connectivity index (χ0) is 13.6. The van der Waals surface area contributed by atoms with Gasteiger partial charge in [0.2, 0.25) is 0 Å². The highest BCUT2D eigenvalue weighted by Gasteiger charge is 2.18. The second-order valence-corrected chi connectivity index (χ2v) is 7.74. The first-order chi connectivity index (χ1) is 9.93. The molecule has 0 amide bonds. The van der Waals surface area contributed by atoms with E-state index in [9.17, 15) is 0 Å². The summed E-state index contributed by atoms with van der Waals surface area (Å²) in [5.41, 5.74) is 0. The third-order valence-electron chi connectivity index (χ3n) is 4.00. The monoisotopic (exact) mass is 283 g/mol. The summed E-state index contributed by atoms with van der Waals surface area (Å²) in [4.78, 5) is 0. The van der Waals surface area contributed by atoms with Crippen molar-refractivity contribution in [2.45, 2.75) is 25.3 Å². The molecule has 1 atom stereocenters. The van der Waals surface area contributed by atoms with E-state index in [4.69, 9.17) is 0 Å². The van der Waals surface area contributed by atoms with Gasteiger partial charge < -0.3 is 5.32 Å². The van der Waals surface area contributed by atoms with Crippen molar-refractivity contribution in [1.82, 2.24) is 5.32 Å². The fraction of sp³-hybridized carbons (Fsp3) is 0.333. The van der Waals surface area contributed by atoms with Crippen LogP contribution in [-0.4, -0.2) is 18.7 Å². The molecule has 0 bridgehead atoms. The van der Waals surface area contributed by atoms with E-state index < -0.39 is 0 Å². The van der Waals surface area contributed by atoms with Crippen molar-refractivity contribution in [3.8, 4) is 0 Å². The Morgan fingerprint density at radius 3 is 2.00 bits per heavy atom. The Morgan fingerprint density at radius 1 is 0.900 bits per heavy atom. The van der Waals surface area contributed by atoms with Gasteiger partial charge in [-0.2, -0.15) is 0 Å². The van der Waals surface area contributed by atoms with Crippen LogP contribution in [0.3, 0.4) is 0 Å². The van der Waals surface area contributed by atoms with Crippen LogP contribution in [0.15, 0.2) is 60.7 Å². The molecule has 1 nitrogen and oxygen atoms in total.